The Labute approximate surface area is 122 Å². The number of hydrogen-bond acceptors (Lipinski definition) is 4. The minimum atomic E-state index is -0.200. The summed E-state index contributed by atoms with van der Waals surface area (Å²) in [7, 11) is 0. The molecular weight excluding hydrogens is 272 g/mol. The van der Waals surface area contributed by atoms with Gasteiger partial charge < -0.3 is 9.84 Å². The summed E-state index contributed by atoms with van der Waals surface area (Å²) in [6, 6.07) is 7.91. The number of nitrogens with zero attached hydrogens (tertiary/aromatic N) is 1. The fraction of sp³-hybridized carbons (Fsp3) is 0.333. The normalized spacial score (nSPS) is 12.2. The number of hydrogen-bond donors (Lipinski definition) is 1. The van der Waals surface area contributed by atoms with Crippen molar-refractivity contribution in [2.75, 3.05) is 5.32 Å². The highest BCUT2D eigenvalue weighted by molar-refractivity contribution is 8.00. The third kappa shape index (κ3) is 3.63. The zero-order valence-corrected chi connectivity index (χ0v) is 12.9. The minimum Gasteiger partial charge on any atom is -0.360 e. The van der Waals surface area contributed by atoms with Gasteiger partial charge in [-0.1, -0.05) is 11.2 Å². The first-order valence-corrected chi connectivity index (χ1v) is 7.32. The van der Waals surface area contributed by atoms with Crippen LogP contribution in [0.1, 0.15) is 23.8 Å². The lowest BCUT2D eigenvalue weighted by Gasteiger charge is -2.11. The lowest BCUT2D eigenvalue weighted by molar-refractivity contribution is -0.115. The van der Waals surface area contributed by atoms with E-state index in [0.717, 1.165) is 4.90 Å². The van der Waals surface area contributed by atoms with E-state index in [0.29, 0.717) is 11.6 Å². The first-order valence-electron chi connectivity index (χ1n) is 6.44. The zero-order valence-electron chi connectivity index (χ0n) is 12.1. The molecule has 1 amide bonds. The molecule has 0 radical (unpaired) electrons. The topological polar surface area (TPSA) is 55.1 Å². The summed E-state index contributed by atoms with van der Waals surface area (Å²) in [5.41, 5.74) is 2.49. The van der Waals surface area contributed by atoms with Crippen LogP contribution in [0.2, 0.25) is 0 Å². The Balaban J connectivity index is 1.98. The van der Waals surface area contributed by atoms with Crippen LogP contribution in [-0.2, 0) is 4.79 Å². The van der Waals surface area contributed by atoms with Crippen molar-refractivity contribution in [1.82, 2.24) is 5.16 Å². The van der Waals surface area contributed by atoms with Gasteiger partial charge in [0.2, 0.25) is 5.91 Å². The van der Waals surface area contributed by atoms with E-state index in [1.807, 2.05) is 13.0 Å². The van der Waals surface area contributed by atoms with Crippen molar-refractivity contribution in [2.45, 2.75) is 37.8 Å². The Morgan fingerprint density at radius 2 is 2.00 bits per heavy atom. The predicted octanol–water partition coefficient (Wildman–Crippen LogP) is 3.72. The van der Waals surface area contributed by atoms with Crippen LogP contribution in [0.4, 0.5) is 5.82 Å². The molecule has 1 heterocycles. The number of nitrogens with one attached hydrogen (secondary N) is 1. The third-order valence-corrected chi connectivity index (χ3v) is 4.13. The molecule has 1 N–H and O–H groups in total. The minimum absolute atomic E-state index is 0.0819. The number of carbonyl (C=O) groups is 1. The smallest absolute Gasteiger partial charge is 0.238 e. The first-order chi connectivity index (χ1) is 9.45. The first kappa shape index (κ1) is 14.7. The van der Waals surface area contributed by atoms with Crippen molar-refractivity contribution in [3.05, 3.63) is 41.2 Å². The number of benzene rings is 1. The van der Waals surface area contributed by atoms with Gasteiger partial charge >= 0.3 is 0 Å². The molecule has 106 valence electrons. The van der Waals surface area contributed by atoms with Crippen LogP contribution in [0.5, 0.6) is 0 Å². The third-order valence-electron chi connectivity index (χ3n) is 3.04. The van der Waals surface area contributed by atoms with E-state index in [4.69, 9.17) is 4.52 Å². The van der Waals surface area contributed by atoms with Gasteiger partial charge in [-0.2, -0.15) is 0 Å². The highest BCUT2D eigenvalue weighted by Crippen LogP contribution is 2.26. The number of aromatic nitrogens is 1. The number of anilines is 1. The Bertz CT molecular complexity index is 622. The molecule has 4 nitrogen and oxygen atoms in total. The fourth-order valence-corrected chi connectivity index (χ4v) is 2.66. The molecule has 20 heavy (non-hydrogen) atoms. The second-order valence-corrected chi connectivity index (χ2v) is 6.23. The van der Waals surface area contributed by atoms with Crippen molar-refractivity contribution < 1.29 is 9.32 Å². The van der Waals surface area contributed by atoms with Gasteiger partial charge in [-0.3, -0.25) is 4.79 Å². The van der Waals surface area contributed by atoms with Gasteiger partial charge in [0.05, 0.1) is 5.25 Å². The highest BCUT2D eigenvalue weighted by Gasteiger charge is 2.16. The van der Waals surface area contributed by atoms with Crippen LogP contribution in [0.25, 0.3) is 0 Å². The summed E-state index contributed by atoms with van der Waals surface area (Å²) >= 11 is 1.53. The Hall–Kier alpha value is -1.75. The van der Waals surface area contributed by atoms with Gasteiger partial charge in [0, 0.05) is 11.0 Å². The van der Waals surface area contributed by atoms with Gasteiger partial charge in [0.25, 0.3) is 0 Å². The van der Waals surface area contributed by atoms with E-state index < -0.39 is 0 Å². The van der Waals surface area contributed by atoms with E-state index in [9.17, 15) is 4.79 Å². The van der Waals surface area contributed by atoms with Gasteiger partial charge in [0.1, 0.15) is 5.76 Å². The second kappa shape index (κ2) is 6.13. The van der Waals surface area contributed by atoms with Crippen molar-refractivity contribution >= 4 is 23.5 Å². The summed E-state index contributed by atoms with van der Waals surface area (Å²) in [5, 5.41) is 6.30. The highest BCUT2D eigenvalue weighted by atomic mass is 32.2. The van der Waals surface area contributed by atoms with Crippen LogP contribution in [0.15, 0.2) is 33.7 Å². The Morgan fingerprint density at radius 1 is 1.25 bits per heavy atom. The molecule has 0 aliphatic heterocycles. The summed E-state index contributed by atoms with van der Waals surface area (Å²) in [4.78, 5) is 13.2. The summed E-state index contributed by atoms with van der Waals surface area (Å²) in [6.07, 6.45) is 0. The molecule has 1 aromatic heterocycles. The maximum atomic E-state index is 12.1. The molecule has 2 aromatic rings. The number of carbonyl (C=O) groups excluding carboxylic acids is 1. The summed E-state index contributed by atoms with van der Waals surface area (Å²) in [6.45, 7) is 7.81. The Morgan fingerprint density at radius 3 is 2.60 bits per heavy atom. The van der Waals surface area contributed by atoms with Gasteiger partial charge in [-0.25, -0.2) is 0 Å². The predicted molar refractivity (Wildman–Crippen MR) is 81.1 cm³/mol. The number of aryl methyl sites for hydroxylation is 3. The van der Waals surface area contributed by atoms with E-state index >= 15 is 0 Å². The molecule has 2 rings (SSSR count). The molecule has 1 aromatic carbocycles. The summed E-state index contributed by atoms with van der Waals surface area (Å²) in [5.74, 6) is 1.05. The number of amides is 1. The van der Waals surface area contributed by atoms with E-state index in [-0.39, 0.29) is 11.2 Å². The van der Waals surface area contributed by atoms with Crippen LogP contribution in [-0.4, -0.2) is 16.3 Å². The van der Waals surface area contributed by atoms with Crippen LogP contribution < -0.4 is 5.32 Å². The number of thioether (sulfide) groups is 1. The van der Waals surface area contributed by atoms with Gasteiger partial charge in [0.15, 0.2) is 5.82 Å². The molecule has 5 heteroatoms. The van der Waals surface area contributed by atoms with Crippen LogP contribution in [0.3, 0.4) is 0 Å². The van der Waals surface area contributed by atoms with E-state index in [2.05, 4.69) is 36.5 Å². The largest absolute Gasteiger partial charge is 0.360 e. The molecule has 0 aliphatic rings. The van der Waals surface area contributed by atoms with Crippen molar-refractivity contribution in [1.29, 1.82) is 0 Å². The quantitative estimate of drug-likeness (QED) is 0.872. The average molecular weight is 290 g/mol. The Kier molecular flexibility index (Phi) is 4.49. The standard InChI is InChI=1S/C15H18N2O2S/c1-9-5-6-13(7-10(9)2)20-12(4)15(18)16-14-8-11(3)19-17-14/h5-8,12H,1-4H3,(H,16,17,18). The molecule has 0 fully saturated rings. The molecular formula is C15H18N2O2S. The maximum absolute atomic E-state index is 12.1. The molecule has 1 unspecified atom stereocenters. The molecule has 0 spiro atoms. The van der Waals surface area contributed by atoms with Crippen molar-refractivity contribution in [3.63, 3.8) is 0 Å². The van der Waals surface area contributed by atoms with Gasteiger partial charge in [-0.15, -0.1) is 11.8 Å². The maximum Gasteiger partial charge on any atom is 0.238 e. The lowest BCUT2D eigenvalue weighted by Crippen LogP contribution is -2.22. The molecule has 0 saturated carbocycles. The lowest BCUT2D eigenvalue weighted by atomic mass is 10.1. The monoisotopic (exact) mass is 290 g/mol. The van der Waals surface area contributed by atoms with Crippen molar-refractivity contribution in [2.24, 2.45) is 0 Å². The summed E-state index contributed by atoms with van der Waals surface area (Å²) < 4.78 is 4.92. The van der Waals surface area contributed by atoms with Crippen LogP contribution in [0, 0.1) is 20.8 Å². The SMILES string of the molecule is Cc1cc(NC(=O)C(C)Sc2ccc(C)c(C)c2)no1. The molecule has 0 aliphatic carbocycles. The molecule has 0 saturated heterocycles. The fourth-order valence-electron chi connectivity index (χ4n) is 1.70. The molecule has 1 atom stereocenters. The second-order valence-electron chi connectivity index (χ2n) is 4.82. The average Bonchev–Trinajstić information content (AvgIpc) is 2.79. The molecule has 0 bridgehead atoms. The number of rotatable bonds is 4. The van der Waals surface area contributed by atoms with Crippen molar-refractivity contribution in [3.8, 4) is 0 Å². The van der Waals surface area contributed by atoms with Gasteiger partial charge in [-0.05, 0) is 51.0 Å². The zero-order chi connectivity index (χ0) is 14.7. The van der Waals surface area contributed by atoms with E-state index in [1.54, 1.807) is 13.0 Å². The van der Waals surface area contributed by atoms with E-state index in [1.165, 1.54) is 22.9 Å². The van der Waals surface area contributed by atoms with Crippen LogP contribution >= 0.6 is 11.8 Å².